The minimum atomic E-state index is 0.0866. The van der Waals surface area contributed by atoms with E-state index in [1.807, 2.05) is 36.0 Å². The number of amides is 1. The van der Waals surface area contributed by atoms with E-state index >= 15 is 0 Å². The SMILES string of the molecule is C[C@H](Cn1cccn1)NC(=O)[C@H]1C[C@H]1c1ccc(Br)cc1. The monoisotopic (exact) mass is 347 g/mol. The van der Waals surface area contributed by atoms with Crippen LogP contribution in [0.25, 0.3) is 0 Å². The summed E-state index contributed by atoms with van der Waals surface area (Å²) in [6.07, 6.45) is 4.60. The summed E-state index contributed by atoms with van der Waals surface area (Å²) in [6, 6.07) is 10.2. The van der Waals surface area contributed by atoms with Gasteiger partial charge in [0.15, 0.2) is 0 Å². The first kappa shape index (κ1) is 14.3. The first-order chi connectivity index (χ1) is 10.1. The molecule has 1 fully saturated rings. The molecule has 1 heterocycles. The molecule has 4 nitrogen and oxygen atoms in total. The minimum Gasteiger partial charge on any atom is -0.352 e. The third-order valence-electron chi connectivity index (χ3n) is 3.83. The molecule has 5 heteroatoms. The smallest absolute Gasteiger partial charge is 0.224 e. The van der Waals surface area contributed by atoms with Gasteiger partial charge in [-0.3, -0.25) is 9.48 Å². The van der Waals surface area contributed by atoms with Crippen molar-refractivity contribution >= 4 is 21.8 Å². The number of carbonyl (C=O) groups excluding carboxylic acids is 1. The van der Waals surface area contributed by atoms with E-state index in [2.05, 4.69) is 38.5 Å². The van der Waals surface area contributed by atoms with E-state index in [9.17, 15) is 4.79 Å². The summed E-state index contributed by atoms with van der Waals surface area (Å²) in [5.74, 6) is 0.642. The summed E-state index contributed by atoms with van der Waals surface area (Å²) in [5.41, 5.74) is 1.25. The van der Waals surface area contributed by atoms with Crippen molar-refractivity contribution in [2.45, 2.75) is 31.8 Å². The highest BCUT2D eigenvalue weighted by Gasteiger charge is 2.44. The maximum Gasteiger partial charge on any atom is 0.224 e. The van der Waals surface area contributed by atoms with Gasteiger partial charge in [-0.1, -0.05) is 28.1 Å². The zero-order chi connectivity index (χ0) is 14.8. The van der Waals surface area contributed by atoms with Gasteiger partial charge in [-0.15, -0.1) is 0 Å². The van der Waals surface area contributed by atoms with Crippen molar-refractivity contribution < 1.29 is 4.79 Å². The van der Waals surface area contributed by atoms with Crippen LogP contribution in [0.5, 0.6) is 0 Å². The Labute approximate surface area is 132 Å². The molecule has 1 N–H and O–H groups in total. The lowest BCUT2D eigenvalue weighted by Crippen LogP contribution is -2.37. The van der Waals surface area contributed by atoms with Crippen LogP contribution in [0.3, 0.4) is 0 Å². The number of aromatic nitrogens is 2. The number of halogens is 1. The Hall–Kier alpha value is -1.62. The second kappa shape index (κ2) is 6.02. The summed E-state index contributed by atoms with van der Waals surface area (Å²) in [7, 11) is 0. The van der Waals surface area contributed by atoms with Gasteiger partial charge in [0.2, 0.25) is 5.91 Å². The Morgan fingerprint density at radius 3 is 2.90 bits per heavy atom. The third kappa shape index (κ3) is 3.53. The molecule has 110 valence electrons. The van der Waals surface area contributed by atoms with Crippen LogP contribution in [-0.4, -0.2) is 21.7 Å². The van der Waals surface area contributed by atoms with Crippen LogP contribution in [0.4, 0.5) is 0 Å². The van der Waals surface area contributed by atoms with Crippen LogP contribution in [0.2, 0.25) is 0 Å². The van der Waals surface area contributed by atoms with Gasteiger partial charge in [-0.25, -0.2) is 0 Å². The lowest BCUT2D eigenvalue weighted by atomic mass is 10.1. The number of hydrogen-bond donors (Lipinski definition) is 1. The number of nitrogens with one attached hydrogen (secondary N) is 1. The number of rotatable bonds is 5. The molecule has 1 amide bonds. The van der Waals surface area contributed by atoms with Crippen LogP contribution in [0.1, 0.15) is 24.8 Å². The van der Waals surface area contributed by atoms with Crippen molar-refractivity contribution in [1.29, 1.82) is 0 Å². The molecule has 3 atom stereocenters. The lowest BCUT2D eigenvalue weighted by molar-refractivity contribution is -0.123. The fourth-order valence-electron chi connectivity index (χ4n) is 2.65. The third-order valence-corrected chi connectivity index (χ3v) is 4.36. The zero-order valence-corrected chi connectivity index (χ0v) is 13.5. The standard InChI is InChI=1S/C16H18BrN3O/c1-11(10-20-8-2-7-18-20)19-16(21)15-9-14(15)12-3-5-13(17)6-4-12/h2-8,11,14-15H,9-10H2,1H3,(H,19,21)/t11-,14+,15+/m1/s1. The molecule has 0 unspecified atom stereocenters. The molecule has 0 saturated heterocycles. The molecule has 0 radical (unpaired) electrons. The predicted octanol–water partition coefficient (Wildman–Crippen LogP) is 2.95. The maximum absolute atomic E-state index is 12.2. The van der Waals surface area contributed by atoms with E-state index in [0.717, 1.165) is 10.9 Å². The largest absolute Gasteiger partial charge is 0.352 e. The van der Waals surface area contributed by atoms with E-state index < -0.39 is 0 Å². The molecule has 1 saturated carbocycles. The Morgan fingerprint density at radius 1 is 1.48 bits per heavy atom. The van der Waals surface area contributed by atoms with Gasteiger partial charge in [0.05, 0.1) is 6.54 Å². The Bertz CT molecular complexity index is 609. The molecule has 0 bridgehead atoms. The topological polar surface area (TPSA) is 46.9 Å². The van der Waals surface area contributed by atoms with Crippen molar-refractivity contribution in [3.8, 4) is 0 Å². The first-order valence-electron chi connectivity index (χ1n) is 7.17. The Morgan fingerprint density at radius 2 is 2.24 bits per heavy atom. The first-order valence-corrected chi connectivity index (χ1v) is 7.96. The van der Waals surface area contributed by atoms with E-state index in [1.54, 1.807) is 6.20 Å². The van der Waals surface area contributed by atoms with Crippen LogP contribution in [-0.2, 0) is 11.3 Å². The molecule has 21 heavy (non-hydrogen) atoms. The molecule has 2 aromatic rings. The second-order valence-corrected chi connectivity index (χ2v) is 6.55. The summed E-state index contributed by atoms with van der Waals surface area (Å²) >= 11 is 3.43. The Balaban J connectivity index is 1.52. The van der Waals surface area contributed by atoms with Crippen molar-refractivity contribution in [1.82, 2.24) is 15.1 Å². The number of nitrogens with zero attached hydrogens (tertiary/aromatic N) is 2. The fourth-order valence-corrected chi connectivity index (χ4v) is 2.91. The minimum absolute atomic E-state index is 0.0866. The molecular formula is C16H18BrN3O. The quantitative estimate of drug-likeness (QED) is 0.903. The second-order valence-electron chi connectivity index (χ2n) is 5.64. The summed E-state index contributed by atoms with van der Waals surface area (Å²) < 4.78 is 2.91. The normalized spacial score (nSPS) is 21.8. The van der Waals surface area contributed by atoms with E-state index in [4.69, 9.17) is 0 Å². The van der Waals surface area contributed by atoms with Gasteiger partial charge in [0.1, 0.15) is 0 Å². The van der Waals surface area contributed by atoms with Crippen molar-refractivity contribution in [3.05, 3.63) is 52.8 Å². The molecule has 1 aliphatic carbocycles. The number of carbonyl (C=O) groups is 1. The molecular weight excluding hydrogens is 330 g/mol. The van der Waals surface area contributed by atoms with Gasteiger partial charge in [0, 0.05) is 28.8 Å². The van der Waals surface area contributed by atoms with E-state index in [0.29, 0.717) is 12.5 Å². The van der Waals surface area contributed by atoms with Gasteiger partial charge < -0.3 is 5.32 Å². The highest BCUT2D eigenvalue weighted by Crippen LogP contribution is 2.47. The Kier molecular flexibility index (Phi) is 4.10. The van der Waals surface area contributed by atoms with Crippen LogP contribution >= 0.6 is 15.9 Å². The highest BCUT2D eigenvalue weighted by atomic mass is 79.9. The lowest BCUT2D eigenvalue weighted by Gasteiger charge is -2.14. The molecule has 3 rings (SSSR count). The maximum atomic E-state index is 12.2. The van der Waals surface area contributed by atoms with Crippen molar-refractivity contribution in [3.63, 3.8) is 0 Å². The average Bonchev–Trinajstić information content (AvgIpc) is 3.10. The molecule has 1 aromatic heterocycles. The van der Waals surface area contributed by atoms with Gasteiger partial charge in [-0.05, 0) is 43.0 Å². The van der Waals surface area contributed by atoms with Crippen molar-refractivity contribution in [2.24, 2.45) is 5.92 Å². The number of hydrogen-bond acceptors (Lipinski definition) is 2. The number of benzene rings is 1. The van der Waals surface area contributed by atoms with Crippen LogP contribution < -0.4 is 5.32 Å². The molecule has 0 spiro atoms. The van der Waals surface area contributed by atoms with Gasteiger partial charge >= 0.3 is 0 Å². The van der Waals surface area contributed by atoms with E-state index in [1.165, 1.54) is 5.56 Å². The summed E-state index contributed by atoms with van der Waals surface area (Å²) in [5, 5.41) is 7.24. The zero-order valence-electron chi connectivity index (χ0n) is 11.9. The van der Waals surface area contributed by atoms with Crippen molar-refractivity contribution in [2.75, 3.05) is 0 Å². The highest BCUT2D eigenvalue weighted by molar-refractivity contribution is 9.10. The van der Waals surface area contributed by atoms with Gasteiger partial charge in [-0.2, -0.15) is 5.10 Å². The fraction of sp³-hybridized carbons (Fsp3) is 0.375. The molecule has 0 aliphatic heterocycles. The average molecular weight is 348 g/mol. The van der Waals surface area contributed by atoms with Crippen LogP contribution in [0, 0.1) is 5.92 Å². The molecule has 1 aromatic carbocycles. The van der Waals surface area contributed by atoms with Crippen LogP contribution in [0.15, 0.2) is 47.2 Å². The predicted molar refractivity (Wildman–Crippen MR) is 84.8 cm³/mol. The summed E-state index contributed by atoms with van der Waals surface area (Å²) in [4.78, 5) is 12.2. The summed E-state index contributed by atoms with van der Waals surface area (Å²) in [6.45, 7) is 2.71. The van der Waals surface area contributed by atoms with E-state index in [-0.39, 0.29) is 17.9 Å². The molecule has 1 aliphatic rings. The van der Waals surface area contributed by atoms with Gasteiger partial charge in [0.25, 0.3) is 0 Å².